The summed E-state index contributed by atoms with van der Waals surface area (Å²) in [6.45, 7) is 3.71. The van der Waals surface area contributed by atoms with Gasteiger partial charge in [-0.25, -0.2) is 0 Å². The zero-order valence-corrected chi connectivity index (χ0v) is 10.7. The molecule has 1 atom stereocenters. The molecule has 5 nitrogen and oxygen atoms in total. The summed E-state index contributed by atoms with van der Waals surface area (Å²) in [5, 5.41) is 13.4. The maximum atomic E-state index is 9.12. The first-order valence-electron chi connectivity index (χ1n) is 6.56. The van der Waals surface area contributed by atoms with Gasteiger partial charge in [-0.3, -0.25) is 9.58 Å². The Morgan fingerprint density at radius 2 is 2.39 bits per heavy atom. The highest BCUT2D eigenvalue weighted by Crippen LogP contribution is 2.24. The molecule has 3 heterocycles. The molecule has 0 amide bonds. The van der Waals surface area contributed by atoms with Crippen molar-refractivity contribution in [3.05, 3.63) is 17.0 Å². The fraction of sp³-hybridized carbons (Fsp3) is 0.692. The normalized spacial score (nSPS) is 24.6. The highest BCUT2D eigenvalue weighted by molar-refractivity contribution is 5.36. The maximum absolute atomic E-state index is 9.12. The third-order valence-electron chi connectivity index (χ3n) is 4.03. The standard InChI is InChI=1S/C13H18N4O/c1-16-13-8-17(10-4-6-18-9-10)5-2-3-11(13)12(7-14)15-16/h10H,2-6,8-9H2,1H3/t10-/m0/s1. The van der Waals surface area contributed by atoms with E-state index >= 15 is 0 Å². The summed E-state index contributed by atoms with van der Waals surface area (Å²) in [6, 6.07) is 2.75. The van der Waals surface area contributed by atoms with E-state index in [9.17, 15) is 0 Å². The molecule has 1 saturated heterocycles. The minimum Gasteiger partial charge on any atom is -0.380 e. The molecular formula is C13H18N4O. The fourth-order valence-electron chi connectivity index (χ4n) is 3.01. The summed E-state index contributed by atoms with van der Waals surface area (Å²) in [6.07, 6.45) is 3.19. The van der Waals surface area contributed by atoms with Crippen LogP contribution < -0.4 is 0 Å². The van der Waals surface area contributed by atoms with Gasteiger partial charge in [0.1, 0.15) is 6.07 Å². The monoisotopic (exact) mass is 246 g/mol. The molecule has 1 aromatic heterocycles. The predicted octanol–water partition coefficient (Wildman–Crippen LogP) is 0.829. The smallest absolute Gasteiger partial charge is 0.165 e. The van der Waals surface area contributed by atoms with E-state index in [4.69, 9.17) is 10.00 Å². The van der Waals surface area contributed by atoms with Crippen LogP contribution in [0.4, 0.5) is 0 Å². The molecule has 0 N–H and O–H groups in total. The Morgan fingerprint density at radius 3 is 3.11 bits per heavy atom. The first kappa shape index (κ1) is 11.7. The van der Waals surface area contributed by atoms with Crippen molar-refractivity contribution >= 4 is 0 Å². The SMILES string of the molecule is Cn1nc(C#N)c2c1CN([C@H]1CCOC1)CCC2. The van der Waals surface area contributed by atoms with E-state index in [0.717, 1.165) is 51.1 Å². The van der Waals surface area contributed by atoms with Crippen LogP contribution in [0, 0.1) is 11.3 Å². The molecule has 96 valence electrons. The van der Waals surface area contributed by atoms with E-state index in [1.54, 1.807) is 0 Å². The number of hydrogen-bond acceptors (Lipinski definition) is 4. The molecule has 3 rings (SSSR count). The van der Waals surface area contributed by atoms with E-state index in [2.05, 4.69) is 16.1 Å². The lowest BCUT2D eigenvalue weighted by Gasteiger charge is -2.26. The second kappa shape index (κ2) is 4.71. The van der Waals surface area contributed by atoms with Crippen molar-refractivity contribution in [3.63, 3.8) is 0 Å². The van der Waals surface area contributed by atoms with Crippen molar-refractivity contribution < 1.29 is 4.74 Å². The largest absolute Gasteiger partial charge is 0.380 e. The molecule has 18 heavy (non-hydrogen) atoms. The van der Waals surface area contributed by atoms with Gasteiger partial charge >= 0.3 is 0 Å². The third kappa shape index (κ3) is 1.92. The number of fused-ring (bicyclic) bond motifs is 1. The van der Waals surface area contributed by atoms with Crippen molar-refractivity contribution in [1.82, 2.24) is 14.7 Å². The van der Waals surface area contributed by atoms with Crippen LogP contribution in [0.25, 0.3) is 0 Å². The van der Waals surface area contributed by atoms with Gasteiger partial charge in [0, 0.05) is 31.8 Å². The first-order chi connectivity index (χ1) is 8.79. The van der Waals surface area contributed by atoms with Gasteiger partial charge in [-0.15, -0.1) is 0 Å². The summed E-state index contributed by atoms with van der Waals surface area (Å²) < 4.78 is 7.36. The summed E-state index contributed by atoms with van der Waals surface area (Å²) in [5.41, 5.74) is 2.97. The number of rotatable bonds is 1. The van der Waals surface area contributed by atoms with Crippen molar-refractivity contribution in [1.29, 1.82) is 5.26 Å². The van der Waals surface area contributed by atoms with Gasteiger partial charge in [-0.05, 0) is 25.8 Å². The average molecular weight is 246 g/mol. The van der Waals surface area contributed by atoms with Crippen molar-refractivity contribution in [2.24, 2.45) is 7.05 Å². The van der Waals surface area contributed by atoms with Gasteiger partial charge in [0.05, 0.1) is 12.3 Å². The lowest BCUT2D eigenvalue weighted by Crippen LogP contribution is -2.35. The maximum Gasteiger partial charge on any atom is 0.165 e. The van der Waals surface area contributed by atoms with Crippen LogP contribution in [-0.2, 0) is 24.8 Å². The van der Waals surface area contributed by atoms with Crippen LogP contribution >= 0.6 is 0 Å². The molecule has 2 aliphatic rings. The number of ether oxygens (including phenoxy) is 1. The minimum atomic E-state index is 0.538. The molecule has 0 spiro atoms. The van der Waals surface area contributed by atoms with Gasteiger partial charge in [-0.2, -0.15) is 10.4 Å². The minimum absolute atomic E-state index is 0.538. The van der Waals surface area contributed by atoms with E-state index < -0.39 is 0 Å². The molecule has 0 radical (unpaired) electrons. The van der Waals surface area contributed by atoms with E-state index in [1.165, 1.54) is 5.69 Å². The summed E-state index contributed by atoms with van der Waals surface area (Å²) in [5.74, 6) is 0. The summed E-state index contributed by atoms with van der Waals surface area (Å²) in [7, 11) is 1.94. The zero-order chi connectivity index (χ0) is 12.5. The number of nitriles is 1. The lowest BCUT2D eigenvalue weighted by atomic mass is 10.1. The topological polar surface area (TPSA) is 54.1 Å². The van der Waals surface area contributed by atoms with Crippen LogP contribution in [0.5, 0.6) is 0 Å². The Labute approximate surface area is 107 Å². The first-order valence-corrected chi connectivity index (χ1v) is 6.56. The van der Waals surface area contributed by atoms with Crippen LogP contribution in [0.1, 0.15) is 29.8 Å². The lowest BCUT2D eigenvalue weighted by molar-refractivity contribution is 0.138. The summed E-state index contributed by atoms with van der Waals surface area (Å²) in [4.78, 5) is 2.49. The Morgan fingerprint density at radius 1 is 1.50 bits per heavy atom. The summed E-state index contributed by atoms with van der Waals surface area (Å²) >= 11 is 0. The predicted molar refractivity (Wildman–Crippen MR) is 65.9 cm³/mol. The molecule has 0 saturated carbocycles. The molecule has 0 unspecified atom stereocenters. The van der Waals surface area contributed by atoms with Gasteiger partial charge in [0.15, 0.2) is 5.69 Å². The Balaban J connectivity index is 1.88. The fourth-order valence-corrected chi connectivity index (χ4v) is 3.01. The molecule has 1 fully saturated rings. The number of aromatic nitrogens is 2. The Kier molecular flexibility index (Phi) is 3.06. The van der Waals surface area contributed by atoms with Crippen LogP contribution in [0.3, 0.4) is 0 Å². The molecule has 2 aliphatic heterocycles. The van der Waals surface area contributed by atoms with E-state index in [-0.39, 0.29) is 0 Å². The van der Waals surface area contributed by atoms with Crippen LogP contribution in [-0.4, -0.2) is 40.5 Å². The van der Waals surface area contributed by atoms with Gasteiger partial charge in [0.2, 0.25) is 0 Å². The molecule has 5 heteroatoms. The van der Waals surface area contributed by atoms with E-state index in [0.29, 0.717) is 11.7 Å². The third-order valence-corrected chi connectivity index (χ3v) is 4.03. The second-order valence-electron chi connectivity index (χ2n) is 5.10. The number of aryl methyl sites for hydroxylation is 1. The van der Waals surface area contributed by atoms with Crippen LogP contribution in [0.2, 0.25) is 0 Å². The molecule has 0 bridgehead atoms. The van der Waals surface area contributed by atoms with Gasteiger partial charge < -0.3 is 4.74 Å². The highest BCUT2D eigenvalue weighted by Gasteiger charge is 2.28. The Hall–Kier alpha value is -1.38. The van der Waals surface area contributed by atoms with Gasteiger partial charge in [-0.1, -0.05) is 0 Å². The van der Waals surface area contributed by atoms with Crippen LogP contribution in [0.15, 0.2) is 0 Å². The number of hydrogen-bond donors (Lipinski definition) is 0. The molecule has 0 aliphatic carbocycles. The quantitative estimate of drug-likeness (QED) is 0.736. The highest BCUT2D eigenvalue weighted by atomic mass is 16.5. The van der Waals surface area contributed by atoms with Gasteiger partial charge in [0.25, 0.3) is 0 Å². The second-order valence-corrected chi connectivity index (χ2v) is 5.10. The molecule has 1 aromatic rings. The molecule has 0 aromatic carbocycles. The van der Waals surface area contributed by atoms with Crippen molar-refractivity contribution in [3.8, 4) is 6.07 Å². The van der Waals surface area contributed by atoms with Crippen molar-refractivity contribution in [2.75, 3.05) is 19.8 Å². The Bertz CT molecular complexity index is 482. The zero-order valence-electron chi connectivity index (χ0n) is 10.7. The average Bonchev–Trinajstić information content (AvgIpc) is 2.93. The molecular weight excluding hydrogens is 228 g/mol. The number of nitrogens with zero attached hydrogens (tertiary/aromatic N) is 4. The van der Waals surface area contributed by atoms with Crippen molar-refractivity contribution in [2.45, 2.75) is 31.8 Å². The van der Waals surface area contributed by atoms with E-state index in [1.807, 2.05) is 11.7 Å².